The molecule has 0 fully saturated rings. The van der Waals surface area contributed by atoms with Gasteiger partial charge in [-0.25, -0.2) is 9.78 Å². The fourth-order valence-corrected chi connectivity index (χ4v) is 1.84. The highest BCUT2D eigenvalue weighted by atomic mass is 16.5. The first kappa shape index (κ1) is 16.7. The fourth-order valence-electron chi connectivity index (χ4n) is 1.84. The van der Waals surface area contributed by atoms with Gasteiger partial charge in [0.1, 0.15) is 17.2 Å². The highest BCUT2D eigenvalue weighted by Gasteiger charge is 2.11. The zero-order valence-electron chi connectivity index (χ0n) is 13.2. The molecule has 0 atom stereocenters. The van der Waals surface area contributed by atoms with Crippen molar-refractivity contribution in [1.82, 2.24) is 4.98 Å². The summed E-state index contributed by atoms with van der Waals surface area (Å²) >= 11 is 0. The summed E-state index contributed by atoms with van der Waals surface area (Å²) in [6, 6.07) is 9.64. The lowest BCUT2D eigenvalue weighted by Gasteiger charge is -2.06. The molecule has 0 aliphatic heterocycles. The zero-order chi connectivity index (χ0) is 16.7. The number of carbonyl (C=O) groups excluding carboxylic acids is 2. The van der Waals surface area contributed by atoms with E-state index in [9.17, 15) is 9.59 Å². The Morgan fingerprint density at radius 2 is 1.74 bits per heavy atom. The number of nitrogens with zero attached hydrogens (tertiary/aromatic N) is 1. The molecule has 0 bridgehead atoms. The third kappa shape index (κ3) is 4.92. The van der Waals surface area contributed by atoms with Gasteiger partial charge in [-0.3, -0.25) is 4.79 Å². The summed E-state index contributed by atoms with van der Waals surface area (Å²) in [5.41, 5.74) is 0.764. The quantitative estimate of drug-likeness (QED) is 0.337. The van der Waals surface area contributed by atoms with Gasteiger partial charge in [0.05, 0.1) is 12.8 Å². The van der Waals surface area contributed by atoms with E-state index in [4.69, 9.17) is 9.47 Å². The second-order valence-corrected chi connectivity index (χ2v) is 5.05. The first-order chi connectivity index (χ1) is 11.1. The van der Waals surface area contributed by atoms with Gasteiger partial charge in [-0.1, -0.05) is 13.3 Å². The molecular formula is C18H19NO4. The van der Waals surface area contributed by atoms with E-state index < -0.39 is 5.97 Å². The first-order valence-electron chi connectivity index (χ1n) is 7.52. The Morgan fingerprint density at radius 1 is 1.04 bits per heavy atom. The average Bonchev–Trinajstić information content (AvgIpc) is 2.56. The number of esters is 1. The zero-order valence-corrected chi connectivity index (χ0v) is 13.2. The van der Waals surface area contributed by atoms with Gasteiger partial charge in [-0.05, 0) is 49.7 Å². The highest BCUT2D eigenvalue weighted by Crippen LogP contribution is 2.15. The Morgan fingerprint density at radius 3 is 2.30 bits per heavy atom. The summed E-state index contributed by atoms with van der Waals surface area (Å²) in [7, 11) is 0. The Hall–Kier alpha value is -2.69. The van der Waals surface area contributed by atoms with Crippen LogP contribution >= 0.6 is 0 Å². The normalized spacial score (nSPS) is 10.2. The van der Waals surface area contributed by atoms with Crippen molar-refractivity contribution in [3.8, 4) is 11.5 Å². The summed E-state index contributed by atoms with van der Waals surface area (Å²) in [5, 5.41) is 0. The van der Waals surface area contributed by atoms with Crippen molar-refractivity contribution in [2.45, 2.75) is 26.7 Å². The molecule has 0 aliphatic carbocycles. The number of benzene rings is 1. The van der Waals surface area contributed by atoms with Crippen LogP contribution < -0.4 is 9.47 Å². The fraction of sp³-hybridized carbons (Fsp3) is 0.278. The molecule has 0 unspecified atom stereocenters. The summed E-state index contributed by atoms with van der Waals surface area (Å²) in [5.74, 6) is 0.398. The minimum absolute atomic E-state index is 0.0387. The number of ether oxygens (including phenoxy) is 2. The molecule has 0 spiro atoms. The van der Waals surface area contributed by atoms with Crippen molar-refractivity contribution in [2.24, 2.45) is 0 Å². The molecular weight excluding hydrogens is 294 g/mol. The molecule has 0 saturated heterocycles. The van der Waals surface area contributed by atoms with Crippen LogP contribution in [-0.4, -0.2) is 23.3 Å². The van der Waals surface area contributed by atoms with E-state index in [0.717, 1.165) is 12.8 Å². The van der Waals surface area contributed by atoms with Gasteiger partial charge in [0, 0.05) is 5.56 Å². The van der Waals surface area contributed by atoms with Crippen LogP contribution in [0.15, 0.2) is 42.6 Å². The van der Waals surface area contributed by atoms with Gasteiger partial charge in [-0.15, -0.1) is 0 Å². The molecule has 5 heteroatoms. The molecule has 0 saturated carbocycles. The summed E-state index contributed by atoms with van der Waals surface area (Å²) in [6.45, 7) is 4.20. The number of rotatable bonds is 7. The molecule has 0 N–H and O–H groups in total. The van der Waals surface area contributed by atoms with Gasteiger partial charge in [0.2, 0.25) is 0 Å². The Bertz CT molecular complexity index is 662. The predicted molar refractivity (Wildman–Crippen MR) is 86.0 cm³/mol. The topological polar surface area (TPSA) is 65.5 Å². The number of aromatic nitrogens is 1. The summed E-state index contributed by atoms with van der Waals surface area (Å²) in [6.07, 6.45) is 3.53. The van der Waals surface area contributed by atoms with Crippen molar-refractivity contribution in [3.05, 3.63) is 53.9 Å². The van der Waals surface area contributed by atoms with Gasteiger partial charge in [0.25, 0.3) is 0 Å². The minimum atomic E-state index is -0.555. The molecule has 5 nitrogen and oxygen atoms in total. The lowest BCUT2D eigenvalue weighted by molar-refractivity contribution is 0.0728. The molecule has 1 aromatic carbocycles. The molecule has 120 valence electrons. The van der Waals surface area contributed by atoms with E-state index >= 15 is 0 Å². The summed E-state index contributed by atoms with van der Waals surface area (Å²) < 4.78 is 10.7. The molecule has 2 rings (SSSR count). The van der Waals surface area contributed by atoms with Crippen molar-refractivity contribution >= 4 is 11.8 Å². The number of ketones is 1. The third-order valence-electron chi connectivity index (χ3n) is 3.18. The van der Waals surface area contributed by atoms with E-state index in [1.807, 2.05) is 0 Å². The molecule has 2 aromatic rings. The van der Waals surface area contributed by atoms with Gasteiger partial charge >= 0.3 is 5.97 Å². The van der Waals surface area contributed by atoms with Crippen LogP contribution in [0.2, 0.25) is 0 Å². The molecule has 0 radical (unpaired) electrons. The van der Waals surface area contributed by atoms with Crippen LogP contribution in [0.25, 0.3) is 0 Å². The van der Waals surface area contributed by atoms with Crippen molar-refractivity contribution in [2.75, 3.05) is 6.61 Å². The lowest BCUT2D eigenvalue weighted by Crippen LogP contribution is -2.10. The van der Waals surface area contributed by atoms with Crippen LogP contribution in [-0.2, 0) is 0 Å². The number of Topliss-reactive ketones (excluding diaryl/α,β-unsaturated/α-hetero) is 1. The maximum atomic E-state index is 12.0. The van der Waals surface area contributed by atoms with E-state index in [0.29, 0.717) is 23.7 Å². The highest BCUT2D eigenvalue weighted by molar-refractivity contribution is 5.94. The van der Waals surface area contributed by atoms with Crippen LogP contribution in [0.3, 0.4) is 0 Å². The Balaban J connectivity index is 1.96. The van der Waals surface area contributed by atoms with Crippen molar-refractivity contribution in [3.63, 3.8) is 0 Å². The Labute approximate surface area is 135 Å². The summed E-state index contributed by atoms with van der Waals surface area (Å²) in [4.78, 5) is 27.3. The number of hydrogen-bond donors (Lipinski definition) is 0. The molecule has 1 heterocycles. The van der Waals surface area contributed by atoms with Gasteiger partial charge in [0.15, 0.2) is 5.78 Å². The number of carbonyl (C=O) groups is 2. The van der Waals surface area contributed by atoms with E-state index in [1.165, 1.54) is 13.1 Å². The smallest absolute Gasteiger partial charge is 0.362 e. The maximum absolute atomic E-state index is 12.0. The van der Waals surface area contributed by atoms with Crippen LogP contribution in [0.4, 0.5) is 0 Å². The average molecular weight is 313 g/mol. The van der Waals surface area contributed by atoms with Gasteiger partial charge in [-0.2, -0.15) is 0 Å². The van der Waals surface area contributed by atoms with E-state index in [-0.39, 0.29) is 11.5 Å². The number of hydrogen-bond acceptors (Lipinski definition) is 5. The monoisotopic (exact) mass is 313 g/mol. The molecule has 0 aliphatic rings. The van der Waals surface area contributed by atoms with Gasteiger partial charge < -0.3 is 9.47 Å². The number of pyridine rings is 1. The second kappa shape index (κ2) is 8.08. The van der Waals surface area contributed by atoms with E-state index in [2.05, 4.69) is 11.9 Å². The molecule has 0 amide bonds. The van der Waals surface area contributed by atoms with Crippen molar-refractivity contribution < 1.29 is 19.1 Å². The Kier molecular flexibility index (Phi) is 5.86. The second-order valence-electron chi connectivity index (χ2n) is 5.05. The van der Waals surface area contributed by atoms with E-state index in [1.54, 1.807) is 36.4 Å². The molecule has 23 heavy (non-hydrogen) atoms. The minimum Gasteiger partial charge on any atom is -0.492 e. The third-order valence-corrected chi connectivity index (χ3v) is 3.18. The molecule has 1 aromatic heterocycles. The maximum Gasteiger partial charge on any atom is 0.362 e. The van der Waals surface area contributed by atoms with Crippen LogP contribution in [0, 0.1) is 0 Å². The SMILES string of the molecule is CCCCOc1ccc(C(=O)Oc2ccc(C(C)=O)cc2)nc1. The largest absolute Gasteiger partial charge is 0.492 e. The predicted octanol–water partition coefficient (Wildman–Crippen LogP) is 3.68. The lowest BCUT2D eigenvalue weighted by atomic mass is 10.1. The van der Waals surface area contributed by atoms with Crippen LogP contribution in [0.5, 0.6) is 11.5 Å². The first-order valence-corrected chi connectivity index (χ1v) is 7.52. The number of unbranched alkanes of at least 4 members (excludes halogenated alkanes) is 1. The van der Waals surface area contributed by atoms with Crippen LogP contribution in [0.1, 0.15) is 47.5 Å². The van der Waals surface area contributed by atoms with Crippen molar-refractivity contribution in [1.29, 1.82) is 0 Å². The standard InChI is InChI=1S/C18H19NO4/c1-3-4-11-22-16-9-10-17(19-12-16)18(21)23-15-7-5-14(6-8-15)13(2)20/h5-10,12H,3-4,11H2,1-2H3.